The first kappa shape index (κ1) is 12.7. The second kappa shape index (κ2) is 5.28. The Morgan fingerprint density at radius 2 is 2.28 bits per heavy atom. The third kappa shape index (κ3) is 2.41. The number of hydrogen-bond donors (Lipinski definition) is 1. The van der Waals surface area contributed by atoms with Crippen LogP contribution in [0.15, 0.2) is 18.2 Å². The van der Waals surface area contributed by atoms with Crippen molar-refractivity contribution in [3.8, 4) is 11.8 Å². The van der Waals surface area contributed by atoms with Crippen LogP contribution in [0.3, 0.4) is 0 Å². The number of benzene rings is 1. The molecule has 0 aromatic heterocycles. The van der Waals surface area contributed by atoms with Crippen molar-refractivity contribution >= 4 is 5.69 Å². The molecular weight excluding hydrogens is 226 g/mol. The molecule has 96 valence electrons. The topological polar surface area (TPSA) is 48.3 Å². The summed E-state index contributed by atoms with van der Waals surface area (Å²) in [7, 11) is 3.75. The van der Waals surface area contributed by atoms with Gasteiger partial charge in [0.2, 0.25) is 0 Å². The van der Waals surface area contributed by atoms with Crippen molar-refractivity contribution < 1.29 is 4.74 Å². The van der Waals surface area contributed by atoms with Crippen LogP contribution in [-0.4, -0.2) is 37.7 Å². The predicted molar refractivity (Wildman–Crippen MR) is 71.8 cm³/mol. The normalized spacial score (nSPS) is 23.7. The van der Waals surface area contributed by atoms with Gasteiger partial charge >= 0.3 is 0 Å². The fourth-order valence-corrected chi connectivity index (χ4v) is 2.45. The van der Waals surface area contributed by atoms with E-state index in [1.165, 1.54) is 0 Å². The van der Waals surface area contributed by atoms with Gasteiger partial charge in [-0.2, -0.15) is 5.26 Å². The quantitative estimate of drug-likeness (QED) is 0.885. The van der Waals surface area contributed by atoms with E-state index >= 15 is 0 Å². The minimum Gasteiger partial charge on any atom is -0.495 e. The van der Waals surface area contributed by atoms with Gasteiger partial charge in [0.25, 0.3) is 0 Å². The summed E-state index contributed by atoms with van der Waals surface area (Å²) in [6, 6.07) is 8.68. The van der Waals surface area contributed by atoms with Crippen molar-refractivity contribution in [2.24, 2.45) is 0 Å². The molecular formula is C14H19N3O. The Morgan fingerprint density at radius 1 is 1.50 bits per heavy atom. The van der Waals surface area contributed by atoms with Crippen LogP contribution >= 0.6 is 0 Å². The van der Waals surface area contributed by atoms with Gasteiger partial charge in [0.1, 0.15) is 11.8 Å². The first-order valence-electron chi connectivity index (χ1n) is 6.19. The van der Waals surface area contributed by atoms with Crippen LogP contribution in [0.25, 0.3) is 0 Å². The van der Waals surface area contributed by atoms with Gasteiger partial charge in [-0.3, -0.25) is 0 Å². The Morgan fingerprint density at radius 3 is 2.83 bits per heavy atom. The minimum atomic E-state index is 0.369. The summed E-state index contributed by atoms with van der Waals surface area (Å²) < 4.78 is 5.32. The van der Waals surface area contributed by atoms with Crippen molar-refractivity contribution in [1.82, 2.24) is 4.90 Å². The van der Waals surface area contributed by atoms with Gasteiger partial charge < -0.3 is 15.0 Å². The van der Waals surface area contributed by atoms with Gasteiger partial charge in [-0.25, -0.2) is 0 Å². The third-order valence-corrected chi connectivity index (χ3v) is 3.60. The van der Waals surface area contributed by atoms with E-state index in [4.69, 9.17) is 10.00 Å². The van der Waals surface area contributed by atoms with Gasteiger partial charge in [-0.1, -0.05) is 6.07 Å². The molecule has 1 N–H and O–H groups in total. The highest BCUT2D eigenvalue weighted by molar-refractivity contribution is 5.66. The minimum absolute atomic E-state index is 0.369. The van der Waals surface area contributed by atoms with E-state index in [-0.39, 0.29) is 0 Å². The van der Waals surface area contributed by atoms with Crippen LogP contribution in [0.2, 0.25) is 0 Å². The molecule has 1 aliphatic rings. The first-order chi connectivity index (χ1) is 8.65. The molecule has 18 heavy (non-hydrogen) atoms. The maximum Gasteiger partial charge on any atom is 0.143 e. The molecule has 0 spiro atoms. The maximum atomic E-state index is 9.16. The molecule has 0 amide bonds. The summed E-state index contributed by atoms with van der Waals surface area (Å²) in [6.07, 6.45) is 1.08. The van der Waals surface area contributed by atoms with E-state index < -0.39 is 0 Å². The number of hydrogen-bond acceptors (Lipinski definition) is 4. The fraction of sp³-hybridized carbons (Fsp3) is 0.500. The molecule has 0 radical (unpaired) electrons. The summed E-state index contributed by atoms with van der Waals surface area (Å²) in [4.78, 5) is 2.32. The Kier molecular flexibility index (Phi) is 3.73. The molecule has 1 aliphatic heterocycles. The number of ether oxygens (including phenoxy) is 1. The van der Waals surface area contributed by atoms with Gasteiger partial charge in [-0.05, 0) is 32.5 Å². The predicted octanol–water partition coefficient (Wildman–Crippen LogP) is 2.07. The Balaban J connectivity index is 2.21. The van der Waals surface area contributed by atoms with Crippen molar-refractivity contribution in [2.45, 2.75) is 25.4 Å². The van der Waals surface area contributed by atoms with Crippen LogP contribution < -0.4 is 10.1 Å². The smallest absolute Gasteiger partial charge is 0.143 e. The number of para-hydroxylation sites is 1. The summed E-state index contributed by atoms with van der Waals surface area (Å²) in [5, 5.41) is 12.6. The molecule has 1 aromatic rings. The second-order valence-electron chi connectivity index (χ2n) is 4.86. The molecule has 1 fully saturated rings. The van der Waals surface area contributed by atoms with Crippen molar-refractivity contribution in [3.05, 3.63) is 23.8 Å². The molecule has 0 aliphatic carbocycles. The van der Waals surface area contributed by atoms with Crippen LogP contribution in [0, 0.1) is 11.3 Å². The molecule has 1 saturated heterocycles. The SMILES string of the molecule is COc1cccc(C#N)c1NC1CC(C)N(C)C1. The fourth-order valence-electron chi connectivity index (χ4n) is 2.45. The number of nitrogens with one attached hydrogen (secondary N) is 1. The first-order valence-corrected chi connectivity index (χ1v) is 6.19. The summed E-state index contributed by atoms with van der Waals surface area (Å²) in [5.41, 5.74) is 1.45. The largest absolute Gasteiger partial charge is 0.495 e. The third-order valence-electron chi connectivity index (χ3n) is 3.60. The molecule has 2 unspecified atom stereocenters. The highest BCUT2D eigenvalue weighted by Gasteiger charge is 2.27. The summed E-state index contributed by atoms with van der Waals surface area (Å²) in [6.45, 7) is 3.21. The Hall–Kier alpha value is -1.73. The molecule has 0 saturated carbocycles. The number of nitrogens with zero attached hydrogens (tertiary/aromatic N) is 2. The van der Waals surface area contributed by atoms with Crippen molar-refractivity contribution in [1.29, 1.82) is 5.26 Å². The van der Waals surface area contributed by atoms with E-state index in [0.29, 0.717) is 17.6 Å². The van der Waals surface area contributed by atoms with Crippen molar-refractivity contribution in [3.63, 3.8) is 0 Å². The van der Waals surface area contributed by atoms with Gasteiger partial charge in [0, 0.05) is 18.6 Å². The number of methoxy groups -OCH3 is 1. The average molecular weight is 245 g/mol. The van der Waals surface area contributed by atoms with E-state index in [2.05, 4.69) is 30.3 Å². The lowest BCUT2D eigenvalue weighted by Crippen LogP contribution is -2.25. The molecule has 4 nitrogen and oxygen atoms in total. The van der Waals surface area contributed by atoms with Crippen LogP contribution in [0.4, 0.5) is 5.69 Å². The Labute approximate surface area is 108 Å². The maximum absolute atomic E-state index is 9.16. The average Bonchev–Trinajstić information content (AvgIpc) is 2.68. The monoisotopic (exact) mass is 245 g/mol. The zero-order valence-corrected chi connectivity index (χ0v) is 11.1. The lowest BCUT2D eigenvalue weighted by molar-refractivity contribution is 0.330. The van der Waals surface area contributed by atoms with Gasteiger partial charge in [0.05, 0.1) is 18.4 Å². The number of nitriles is 1. The zero-order chi connectivity index (χ0) is 13.1. The highest BCUT2D eigenvalue weighted by atomic mass is 16.5. The number of likely N-dealkylation sites (N-methyl/N-ethyl adjacent to an activating group) is 1. The standard InChI is InChI=1S/C14H19N3O/c1-10-7-12(9-17(10)2)16-14-11(8-15)5-4-6-13(14)18-3/h4-6,10,12,16H,7,9H2,1-3H3. The summed E-state index contributed by atoms with van der Waals surface area (Å²) >= 11 is 0. The molecule has 2 rings (SSSR count). The van der Waals surface area contributed by atoms with E-state index in [1.807, 2.05) is 18.2 Å². The zero-order valence-electron chi connectivity index (χ0n) is 11.1. The lowest BCUT2D eigenvalue weighted by atomic mass is 10.1. The molecule has 1 aromatic carbocycles. The number of anilines is 1. The molecule has 4 heteroatoms. The van der Waals surface area contributed by atoms with Crippen LogP contribution in [0.5, 0.6) is 5.75 Å². The molecule has 0 bridgehead atoms. The lowest BCUT2D eigenvalue weighted by Gasteiger charge is -2.17. The van der Waals surface area contributed by atoms with Gasteiger partial charge in [-0.15, -0.1) is 0 Å². The molecule has 1 heterocycles. The van der Waals surface area contributed by atoms with Crippen LogP contribution in [0.1, 0.15) is 18.9 Å². The van der Waals surface area contributed by atoms with E-state index in [9.17, 15) is 0 Å². The van der Waals surface area contributed by atoms with E-state index in [0.717, 1.165) is 24.4 Å². The van der Waals surface area contributed by atoms with E-state index in [1.54, 1.807) is 7.11 Å². The summed E-state index contributed by atoms with van der Waals surface area (Å²) in [5.74, 6) is 0.733. The number of likely N-dealkylation sites (tertiary alicyclic amines) is 1. The Bertz CT molecular complexity index is 457. The van der Waals surface area contributed by atoms with Gasteiger partial charge in [0.15, 0.2) is 0 Å². The molecule has 2 atom stereocenters. The highest BCUT2D eigenvalue weighted by Crippen LogP contribution is 2.30. The number of rotatable bonds is 3. The second-order valence-corrected chi connectivity index (χ2v) is 4.86. The van der Waals surface area contributed by atoms with Crippen LogP contribution in [-0.2, 0) is 0 Å². The van der Waals surface area contributed by atoms with Crippen molar-refractivity contribution in [2.75, 3.05) is 26.0 Å².